The molecule has 0 saturated carbocycles. The summed E-state index contributed by atoms with van der Waals surface area (Å²) in [6.45, 7) is 4.54. The fourth-order valence-corrected chi connectivity index (χ4v) is 3.26. The van der Waals surface area contributed by atoms with E-state index < -0.39 is 0 Å². The Bertz CT molecular complexity index is 627. The second kappa shape index (κ2) is 6.51. The van der Waals surface area contributed by atoms with Crippen molar-refractivity contribution in [1.29, 1.82) is 0 Å². The maximum Gasteiger partial charge on any atom is 0.238 e. The smallest absolute Gasteiger partial charge is 0.238 e. The maximum absolute atomic E-state index is 12.2. The van der Waals surface area contributed by atoms with Crippen LogP contribution in [-0.2, 0) is 4.79 Å². The summed E-state index contributed by atoms with van der Waals surface area (Å²) in [5.74, 6) is 0.0501. The van der Waals surface area contributed by atoms with E-state index in [9.17, 15) is 4.79 Å². The summed E-state index contributed by atoms with van der Waals surface area (Å²) in [6, 6.07) is 5.87. The number of fused-ring (bicyclic) bond motifs is 1. The SMILES string of the molecule is CN1CCCN(CC(=O)Nc2ccc3scnc3c2)CC1. The molecule has 1 N–H and O–H groups in total. The summed E-state index contributed by atoms with van der Waals surface area (Å²) in [5.41, 5.74) is 3.59. The third kappa shape index (κ3) is 3.78. The van der Waals surface area contributed by atoms with Gasteiger partial charge in [-0.1, -0.05) is 0 Å². The van der Waals surface area contributed by atoms with Gasteiger partial charge in [-0.2, -0.15) is 0 Å². The average molecular weight is 304 g/mol. The molecular weight excluding hydrogens is 284 g/mol. The van der Waals surface area contributed by atoms with Gasteiger partial charge in [0.2, 0.25) is 5.91 Å². The summed E-state index contributed by atoms with van der Waals surface area (Å²) in [4.78, 5) is 21.0. The average Bonchev–Trinajstić information content (AvgIpc) is 2.82. The molecule has 5 nitrogen and oxygen atoms in total. The fraction of sp³-hybridized carbons (Fsp3) is 0.467. The van der Waals surface area contributed by atoms with Gasteiger partial charge >= 0.3 is 0 Å². The second-order valence-electron chi connectivity index (χ2n) is 5.52. The third-order valence-corrected chi connectivity index (χ3v) is 4.60. The van der Waals surface area contributed by atoms with E-state index in [1.807, 2.05) is 23.7 Å². The van der Waals surface area contributed by atoms with Gasteiger partial charge < -0.3 is 10.2 Å². The van der Waals surface area contributed by atoms with Crippen LogP contribution in [0.5, 0.6) is 0 Å². The molecule has 0 aliphatic carbocycles. The first-order chi connectivity index (χ1) is 10.2. The Morgan fingerprint density at radius 2 is 2.24 bits per heavy atom. The van der Waals surface area contributed by atoms with Gasteiger partial charge in [-0.3, -0.25) is 9.69 Å². The lowest BCUT2D eigenvalue weighted by Gasteiger charge is -2.19. The Morgan fingerprint density at radius 1 is 1.33 bits per heavy atom. The Labute approximate surface area is 128 Å². The molecule has 112 valence electrons. The van der Waals surface area contributed by atoms with E-state index in [0.717, 1.165) is 48.5 Å². The summed E-state index contributed by atoms with van der Waals surface area (Å²) < 4.78 is 1.14. The Hall–Kier alpha value is -1.50. The van der Waals surface area contributed by atoms with Crippen LogP contribution in [0.3, 0.4) is 0 Å². The number of aromatic nitrogens is 1. The number of likely N-dealkylation sites (N-methyl/N-ethyl adjacent to an activating group) is 1. The second-order valence-corrected chi connectivity index (χ2v) is 6.40. The minimum atomic E-state index is 0.0501. The van der Waals surface area contributed by atoms with Gasteiger partial charge in [-0.05, 0) is 44.8 Å². The summed E-state index contributed by atoms with van der Waals surface area (Å²) in [5, 5.41) is 2.97. The van der Waals surface area contributed by atoms with Gasteiger partial charge in [0.05, 0.1) is 22.3 Å². The Morgan fingerprint density at radius 3 is 3.14 bits per heavy atom. The molecule has 1 fully saturated rings. The fourth-order valence-electron chi connectivity index (χ4n) is 2.60. The molecule has 1 aliphatic heterocycles. The zero-order valence-corrected chi connectivity index (χ0v) is 13.0. The quantitative estimate of drug-likeness (QED) is 0.940. The van der Waals surface area contributed by atoms with Crippen LogP contribution in [0.25, 0.3) is 10.2 Å². The summed E-state index contributed by atoms with van der Waals surface area (Å²) >= 11 is 1.61. The van der Waals surface area contributed by atoms with E-state index >= 15 is 0 Å². The van der Waals surface area contributed by atoms with E-state index in [2.05, 4.69) is 27.1 Å². The molecule has 6 heteroatoms. The van der Waals surface area contributed by atoms with Crippen molar-refractivity contribution in [2.45, 2.75) is 6.42 Å². The van der Waals surface area contributed by atoms with Gasteiger partial charge in [-0.15, -0.1) is 11.3 Å². The molecule has 1 aromatic heterocycles. The lowest BCUT2D eigenvalue weighted by atomic mass is 10.3. The van der Waals surface area contributed by atoms with Gasteiger partial charge in [0.25, 0.3) is 0 Å². The molecule has 1 aromatic carbocycles. The standard InChI is InChI=1S/C15H20N4OS/c1-18-5-2-6-19(8-7-18)10-15(20)17-12-3-4-14-13(9-12)16-11-21-14/h3-4,9,11H,2,5-8,10H2,1H3,(H,17,20). The molecule has 3 rings (SSSR count). The van der Waals surface area contributed by atoms with E-state index in [1.165, 1.54) is 0 Å². The molecule has 2 heterocycles. The number of thiazole rings is 1. The van der Waals surface area contributed by atoms with Gasteiger partial charge in [0.15, 0.2) is 0 Å². The number of benzene rings is 1. The summed E-state index contributed by atoms with van der Waals surface area (Å²) in [7, 11) is 2.13. The first-order valence-corrected chi connectivity index (χ1v) is 8.13. The number of rotatable bonds is 3. The van der Waals surface area contributed by atoms with Crippen LogP contribution in [0.15, 0.2) is 23.7 Å². The molecule has 0 atom stereocenters. The Kier molecular flexibility index (Phi) is 4.48. The van der Waals surface area contributed by atoms with E-state index in [-0.39, 0.29) is 5.91 Å². The van der Waals surface area contributed by atoms with Crippen molar-refractivity contribution in [3.8, 4) is 0 Å². The largest absolute Gasteiger partial charge is 0.325 e. The predicted molar refractivity (Wildman–Crippen MR) is 86.8 cm³/mol. The topological polar surface area (TPSA) is 48.5 Å². The Balaban J connectivity index is 1.58. The molecule has 0 radical (unpaired) electrons. The highest BCUT2D eigenvalue weighted by atomic mass is 32.1. The molecule has 0 bridgehead atoms. The van der Waals surface area contributed by atoms with Crippen molar-refractivity contribution in [1.82, 2.24) is 14.8 Å². The van der Waals surface area contributed by atoms with Crippen LogP contribution >= 0.6 is 11.3 Å². The molecule has 21 heavy (non-hydrogen) atoms. The predicted octanol–water partition coefficient (Wildman–Crippen LogP) is 1.87. The molecule has 0 spiro atoms. The van der Waals surface area contributed by atoms with Crippen molar-refractivity contribution in [3.63, 3.8) is 0 Å². The van der Waals surface area contributed by atoms with Crippen molar-refractivity contribution in [3.05, 3.63) is 23.7 Å². The van der Waals surface area contributed by atoms with Gasteiger partial charge in [-0.25, -0.2) is 4.98 Å². The molecule has 2 aromatic rings. The van der Waals surface area contributed by atoms with Crippen LogP contribution < -0.4 is 5.32 Å². The van der Waals surface area contributed by atoms with E-state index in [1.54, 1.807) is 11.3 Å². The normalized spacial score (nSPS) is 17.8. The number of amides is 1. The number of nitrogens with one attached hydrogen (secondary N) is 1. The highest BCUT2D eigenvalue weighted by Crippen LogP contribution is 2.21. The lowest BCUT2D eigenvalue weighted by Crippen LogP contribution is -2.35. The zero-order chi connectivity index (χ0) is 14.7. The molecule has 0 unspecified atom stereocenters. The van der Waals surface area contributed by atoms with Gasteiger partial charge in [0.1, 0.15) is 0 Å². The van der Waals surface area contributed by atoms with Crippen molar-refractivity contribution in [2.75, 3.05) is 45.1 Å². The maximum atomic E-state index is 12.2. The van der Waals surface area contributed by atoms with E-state index in [0.29, 0.717) is 6.54 Å². The number of hydrogen-bond acceptors (Lipinski definition) is 5. The number of hydrogen-bond donors (Lipinski definition) is 1. The van der Waals surface area contributed by atoms with Crippen LogP contribution in [0.4, 0.5) is 5.69 Å². The molecule has 1 saturated heterocycles. The lowest BCUT2D eigenvalue weighted by molar-refractivity contribution is -0.117. The van der Waals surface area contributed by atoms with Gasteiger partial charge in [0, 0.05) is 18.8 Å². The first kappa shape index (κ1) is 14.4. The highest BCUT2D eigenvalue weighted by Gasteiger charge is 2.15. The van der Waals surface area contributed by atoms with Crippen LogP contribution in [0.2, 0.25) is 0 Å². The van der Waals surface area contributed by atoms with Crippen molar-refractivity contribution >= 4 is 33.1 Å². The van der Waals surface area contributed by atoms with E-state index in [4.69, 9.17) is 0 Å². The molecule has 1 aliphatic rings. The highest BCUT2D eigenvalue weighted by molar-refractivity contribution is 7.16. The number of anilines is 1. The van der Waals surface area contributed by atoms with Crippen molar-refractivity contribution < 1.29 is 4.79 Å². The molecular formula is C15H20N4OS. The van der Waals surface area contributed by atoms with Crippen LogP contribution in [0.1, 0.15) is 6.42 Å². The number of carbonyl (C=O) groups excluding carboxylic acids is 1. The number of carbonyl (C=O) groups is 1. The minimum Gasteiger partial charge on any atom is -0.325 e. The third-order valence-electron chi connectivity index (χ3n) is 3.79. The summed E-state index contributed by atoms with van der Waals surface area (Å²) in [6.07, 6.45) is 1.12. The van der Waals surface area contributed by atoms with Crippen molar-refractivity contribution in [2.24, 2.45) is 0 Å². The van der Waals surface area contributed by atoms with Crippen LogP contribution in [0, 0.1) is 0 Å². The first-order valence-electron chi connectivity index (χ1n) is 7.25. The number of nitrogens with zero attached hydrogens (tertiary/aromatic N) is 3. The molecule has 1 amide bonds. The zero-order valence-electron chi connectivity index (χ0n) is 12.2. The minimum absolute atomic E-state index is 0.0501. The van der Waals surface area contributed by atoms with Crippen LogP contribution in [-0.4, -0.2) is 60.5 Å². The monoisotopic (exact) mass is 304 g/mol.